The Labute approximate surface area is 119 Å². The maximum Gasteiger partial charge on any atom is 0.258 e. The van der Waals surface area contributed by atoms with E-state index in [2.05, 4.69) is 26.2 Å². The molecule has 0 fully saturated rings. The molecule has 0 unspecified atom stereocenters. The summed E-state index contributed by atoms with van der Waals surface area (Å²) in [5.41, 5.74) is 1.80. The molecule has 1 heterocycles. The van der Waals surface area contributed by atoms with Crippen molar-refractivity contribution in [2.75, 3.05) is 10.6 Å². The van der Waals surface area contributed by atoms with Crippen LogP contribution in [0.3, 0.4) is 0 Å². The number of aromatic nitrogens is 1. The summed E-state index contributed by atoms with van der Waals surface area (Å²) in [5.74, 6) is -1.11. The Morgan fingerprint density at radius 1 is 1.26 bits per heavy atom. The monoisotopic (exact) mass is 322 g/mol. The van der Waals surface area contributed by atoms with Gasteiger partial charge in [-0.2, -0.15) is 0 Å². The van der Waals surface area contributed by atoms with Crippen LogP contribution in [0.1, 0.15) is 15.9 Å². The van der Waals surface area contributed by atoms with Crippen LogP contribution in [0.4, 0.5) is 10.1 Å². The second-order valence-corrected chi connectivity index (χ2v) is 4.74. The highest BCUT2D eigenvalue weighted by atomic mass is 79.9. The fourth-order valence-electron chi connectivity index (χ4n) is 1.62. The molecule has 0 aliphatic carbocycles. The van der Waals surface area contributed by atoms with Crippen molar-refractivity contribution in [3.63, 3.8) is 0 Å². The Kier molecular flexibility index (Phi) is 4.63. The SMILES string of the molecule is O=C(Nc1ccc(CCBr)cc1)c1ccncc1F. The third kappa shape index (κ3) is 3.61. The smallest absolute Gasteiger partial charge is 0.258 e. The Bertz CT molecular complexity index is 572. The molecule has 1 aromatic carbocycles. The van der Waals surface area contributed by atoms with Crippen LogP contribution in [0.25, 0.3) is 0 Å². The van der Waals surface area contributed by atoms with E-state index >= 15 is 0 Å². The summed E-state index contributed by atoms with van der Waals surface area (Å²) in [7, 11) is 0. The van der Waals surface area contributed by atoms with Crippen molar-refractivity contribution in [1.82, 2.24) is 4.98 Å². The average Bonchev–Trinajstić information content (AvgIpc) is 2.42. The molecule has 98 valence electrons. The van der Waals surface area contributed by atoms with Gasteiger partial charge in [0.05, 0.1) is 11.8 Å². The molecule has 0 atom stereocenters. The lowest BCUT2D eigenvalue weighted by atomic mass is 10.1. The maximum atomic E-state index is 13.4. The van der Waals surface area contributed by atoms with E-state index in [9.17, 15) is 9.18 Å². The summed E-state index contributed by atoms with van der Waals surface area (Å²) < 4.78 is 13.4. The number of rotatable bonds is 4. The van der Waals surface area contributed by atoms with Gasteiger partial charge in [-0.15, -0.1) is 0 Å². The van der Waals surface area contributed by atoms with E-state index < -0.39 is 11.7 Å². The molecule has 0 saturated carbocycles. The number of benzene rings is 1. The molecule has 0 bridgehead atoms. The second kappa shape index (κ2) is 6.43. The number of alkyl halides is 1. The molecule has 19 heavy (non-hydrogen) atoms. The van der Waals surface area contributed by atoms with Crippen molar-refractivity contribution in [2.45, 2.75) is 6.42 Å². The molecule has 0 radical (unpaired) electrons. The first-order valence-corrected chi connectivity index (χ1v) is 6.88. The first-order valence-electron chi connectivity index (χ1n) is 5.76. The number of aryl methyl sites for hydroxylation is 1. The number of amides is 1. The normalized spacial score (nSPS) is 10.2. The summed E-state index contributed by atoms with van der Waals surface area (Å²) in [6.07, 6.45) is 3.33. The Hall–Kier alpha value is -1.75. The van der Waals surface area contributed by atoms with Gasteiger partial charge >= 0.3 is 0 Å². The maximum absolute atomic E-state index is 13.4. The summed E-state index contributed by atoms with van der Waals surface area (Å²) in [6, 6.07) is 8.81. The van der Waals surface area contributed by atoms with Crippen LogP contribution in [0.15, 0.2) is 42.7 Å². The average molecular weight is 323 g/mol. The molecular formula is C14H12BrFN2O. The van der Waals surface area contributed by atoms with Crippen LogP contribution in [-0.4, -0.2) is 16.2 Å². The minimum Gasteiger partial charge on any atom is -0.322 e. The van der Waals surface area contributed by atoms with Gasteiger partial charge in [-0.3, -0.25) is 9.78 Å². The van der Waals surface area contributed by atoms with Gasteiger partial charge in [-0.25, -0.2) is 4.39 Å². The Morgan fingerprint density at radius 3 is 2.63 bits per heavy atom. The molecule has 3 nitrogen and oxygen atoms in total. The number of nitrogens with zero attached hydrogens (tertiary/aromatic N) is 1. The molecular weight excluding hydrogens is 311 g/mol. The molecule has 1 N–H and O–H groups in total. The Morgan fingerprint density at radius 2 is 2.00 bits per heavy atom. The first kappa shape index (κ1) is 13.7. The van der Waals surface area contributed by atoms with Gasteiger partial charge in [0, 0.05) is 17.2 Å². The van der Waals surface area contributed by atoms with Gasteiger partial charge in [0.1, 0.15) is 0 Å². The lowest BCUT2D eigenvalue weighted by molar-refractivity contribution is 0.102. The van der Waals surface area contributed by atoms with Crippen LogP contribution in [0.2, 0.25) is 0 Å². The van der Waals surface area contributed by atoms with Crippen LogP contribution in [-0.2, 0) is 6.42 Å². The number of anilines is 1. The molecule has 0 saturated heterocycles. The van der Waals surface area contributed by atoms with Gasteiger partial charge in [-0.1, -0.05) is 28.1 Å². The summed E-state index contributed by atoms with van der Waals surface area (Å²) in [5, 5.41) is 3.54. The van der Waals surface area contributed by atoms with Crippen LogP contribution in [0, 0.1) is 5.82 Å². The van der Waals surface area contributed by atoms with Crippen LogP contribution in [0.5, 0.6) is 0 Å². The molecule has 5 heteroatoms. The lowest BCUT2D eigenvalue weighted by Gasteiger charge is -2.06. The van der Waals surface area contributed by atoms with Crippen molar-refractivity contribution in [3.05, 3.63) is 59.7 Å². The van der Waals surface area contributed by atoms with Crippen LogP contribution < -0.4 is 5.32 Å². The number of carbonyl (C=O) groups excluding carboxylic acids is 1. The van der Waals surface area contributed by atoms with E-state index in [0.29, 0.717) is 5.69 Å². The summed E-state index contributed by atoms with van der Waals surface area (Å²) in [4.78, 5) is 15.5. The third-order valence-corrected chi connectivity index (χ3v) is 3.01. The molecule has 0 aliphatic rings. The van der Waals surface area contributed by atoms with E-state index in [4.69, 9.17) is 0 Å². The molecule has 2 aromatic rings. The van der Waals surface area contributed by atoms with Gasteiger partial charge in [0.2, 0.25) is 0 Å². The predicted molar refractivity (Wildman–Crippen MR) is 76.1 cm³/mol. The van der Waals surface area contributed by atoms with E-state index in [1.165, 1.54) is 17.8 Å². The molecule has 0 spiro atoms. The number of halogens is 2. The van der Waals surface area contributed by atoms with Gasteiger partial charge in [0.25, 0.3) is 5.91 Å². The van der Waals surface area contributed by atoms with Crippen molar-refractivity contribution in [3.8, 4) is 0 Å². The van der Waals surface area contributed by atoms with Crippen molar-refractivity contribution < 1.29 is 9.18 Å². The predicted octanol–water partition coefficient (Wildman–Crippen LogP) is 3.41. The highest BCUT2D eigenvalue weighted by Crippen LogP contribution is 2.13. The van der Waals surface area contributed by atoms with E-state index in [1.54, 1.807) is 12.1 Å². The van der Waals surface area contributed by atoms with Crippen molar-refractivity contribution in [1.29, 1.82) is 0 Å². The first-order chi connectivity index (χ1) is 9.20. The van der Waals surface area contributed by atoms with E-state index in [-0.39, 0.29) is 5.56 Å². The number of hydrogen-bond acceptors (Lipinski definition) is 2. The topological polar surface area (TPSA) is 42.0 Å². The molecule has 2 rings (SSSR count). The van der Waals surface area contributed by atoms with Gasteiger partial charge < -0.3 is 5.32 Å². The fourth-order valence-corrected chi connectivity index (χ4v) is 2.08. The standard InChI is InChI=1S/C14H12BrFN2O/c15-7-5-10-1-3-11(4-2-10)18-14(19)12-6-8-17-9-13(12)16/h1-4,6,8-9H,5,7H2,(H,18,19). The zero-order valence-electron chi connectivity index (χ0n) is 10.1. The fraction of sp³-hybridized carbons (Fsp3) is 0.143. The largest absolute Gasteiger partial charge is 0.322 e. The number of pyridine rings is 1. The lowest BCUT2D eigenvalue weighted by Crippen LogP contribution is -2.13. The highest BCUT2D eigenvalue weighted by Gasteiger charge is 2.11. The van der Waals surface area contributed by atoms with Crippen molar-refractivity contribution in [2.24, 2.45) is 0 Å². The zero-order chi connectivity index (χ0) is 13.7. The Balaban J connectivity index is 2.09. The number of nitrogens with one attached hydrogen (secondary N) is 1. The summed E-state index contributed by atoms with van der Waals surface area (Å²) in [6.45, 7) is 0. The molecule has 1 aromatic heterocycles. The number of carbonyl (C=O) groups is 1. The zero-order valence-corrected chi connectivity index (χ0v) is 11.7. The minimum atomic E-state index is -0.629. The minimum absolute atomic E-state index is 0.0143. The van der Waals surface area contributed by atoms with Crippen molar-refractivity contribution >= 4 is 27.5 Å². The van der Waals surface area contributed by atoms with E-state index in [0.717, 1.165) is 17.9 Å². The third-order valence-electron chi connectivity index (χ3n) is 2.61. The van der Waals surface area contributed by atoms with Gasteiger partial charge in [-0.05, 0) is 30.2 Å². The highest BCUT2D eigenvalue weighted by molar-refractivity contribution is 9.09. The summed E-state index contributed by atoms with van der Waals surface area (Å²) >= 11 is 3.37. The quantitative estimate of drug-likeness (QED) is 0.876. The molecule has 0 aliphatic heterocycles. The second-order valence-electron chi connectivity index (χ2n) is 3.95. The molecule has 1 amide bonds. The van der Waals surface area contributed by atoms with Gasteiger partial charge in [0.15, 0.2) is 5.82 Å². The van der Waals surface area contributed by atoms with E-state index in [1.807, 2.05) is 12.1 Å². The number of hydrogen-bond donors (Lipinski definition) is 1. The van der Waals surface area contributed by atoms with Crippen LogP contribution >= 0.6 is 15.9 Å².